The Morgan fingerprint density at radius 1 is 1.15 bits per heavy atom. The number of hydrogen-bond donors (Lipinski definition) is 1. The van der Waals surface area contributed by atoms with E-state index in [2.05, 4.69) is 33.4 Å². The molecule has 142 valence electrons. The highest BCUT2D eigenvalue weighted by atomic mass is 79.9. The lowest BCUT2D eigenvalue weighted by Gasteiger charge is -2.30. The minimum atomic E-state index is -0.125. The molecule has 0 saturated heterocycles. The monoisotopic (exact) mass is 429 g/mol. The van der Waals surface area contributed by atoms with E-state index in [1.54, 1.807) is 11.9 Å². The first-order valence-electron chi connectivity index (χ1n) is 9.01. The zero-order chi connectivity index (χ0) is 19.4. The van der Waals surface area contributed by atoms with Gasteiger partial charge in [0.1, 0.15) is 0 Å². The average Bonchev–Trinajstić information content (AvgIpc) is 2.63. The second kappa shape index (κ2) is 8.67. The molecule has 2 amide bonds. The van der Waals surface area contributed by atoms with Crippen molar-refractivity contribution < 1.29 is 9.59 Å². The topological polar surface area (TPSA) is 52.7 Å². The van der Waals surface area contributed by atoms with Crippen molar-refractivity contribution >= 4 is 33.4 Å². The van der Waals surface area contributed by atoms with E-state index in [4.69, 9.17) is 0 Å². The number of nitrogens with zero attached hydrogens (tertiary/aromatic N) is 2. The van der Waals surface area contributed by atoms with Gasteiger partial charge in [-0.05, 0) is 55.3 Å². The van der Waals surface area contributed by atoms with Crippen molar-refractivity contribution in [2.75, 3.05) is 32.0 Å². The highest BCUT2D eigenvalue weighted by molar-refractivity contribution is 9.10. The van der Waals surface area contributed by atoms with Crippen molar-refractivity contribution in [2.45, 2.75) is 19.9 Å². The molecule has 0 saturated carbocycles. The molecule has 0 atom stereocenters. The molecule has 1 N–H and O–H groups in total. The number of hydrogen-bond acceptors (Lipinski definition) is 3. The summed E-state index contributed by atoms with van der Waals surface area (Å²) in [7, 11) is 1.80. The lowest BCUT2D eigenvalue weighted by Crippen LogP contribution is -2.43. The molecule has 1 heterocycles. The van der Waals surface area contributed by atoms with E-state index < -0.39 is 0 Å². The molecule has 2 aromatic carbocycles. The minimum absolute atomic E-state index is 0.0552. The Bertz CT molecular complexity index is 853. The highest BCUT2D eigenvalue weighted by Gasteiger charge is 2.21. The zero-order valence-corrected chi connectivity index (χ0v) is 17.3. The van der Waals surface area contributed by atoms with Gasteiger partial charge in [0.15, 0.2) is 0 Å². The smallest absolute Gasteiger partial charge is 0.238 e. The van der Waals surface area contributed by atoms with Gasteiger partial charge in [0.2, 0.25) is 11.8 Å². The number of anilines is 1. The molecule has 0 aromatic heterocycles. The number of carbonyl (C=O) groups is 2. The van der Waals surface area contributed by atoms with Crippen LogP contribution in [-0.2, 0) is 22.6 Å². The van der Waals surface area contributed by atoms with E-state index in [1.807, 2.05) is 42.2 Å². The molecule has 5 nitrogen and oxygen atoms in total. The van der Waals surface area contributed by atoms with E-state index >= 15 is 0 Å². The second-order valence-corrected chi connectivity index (χ2v) is 7.93. The van der Waals surface area contributed by atoms with E-state index in [0.29, 0.717) is 6.54 Å². The normalized spacial score (nSPS) is 13.4. The molecule has 6 heteroatoms. The van der Waals surface area contributed by atoms with Gasteiger partial charge in [0.25, 0.3) is 0 Å². The molecular formula is C21H24BrN3O2. The summed E-state index contributed by atoms with van der Waals surface area (Å²) in [5, 5.41) is 2.91. The fraction of sp³-hybridized carbons (Fsp3) is 0.333. The highest BCUT2D eigenvalue weighted by Crippen LogP contribution is 2.20. The van der Waals surface area contributed by atoms with Gasteiger partial charge in [0, 0.05) is 23.2 Å². The van der Waals surface area contributed by atoms with Crippen molar-refractivity contribution in [1.82, 2.24) is 9.80 Å². The maximum absolute atomic E-state index is 12.6. The Hall–Kier alpha value is -2.18. The van der Waals surface area contributed by atoms with Crippen molar-refractivity contribution in [2.24, 2.45) is 0 Å². The molecule has 0 spiro atoms. The molecule has 3 rings (SSSR count). The van der Waals surface area contributed by atoms with Crippen LogP contribution < -0.4 is 5.32 Å². The standard InChI is InChI=1S/C21H24BrN3O2/c1-15-11-18(22)7-8-19(15)23-20(26)13-24(2)14-21(27)25-10-9-16-5-3-4-6-17(16)12-25/h3-8,11H,9-10,12-14H2,1-2H3,(H,23,26). The third kappa shape index (κ3) is 5.17. The fourth-order valence-corrected chi connectivity index (χ4v) is 3.77. The first kappa shape index (κ1) is 19.6. The number of amides is 2. The molecule has 0 radical (unpaired) electrons. The Kier molecular flexibility index (Phi) is 6.29. The van der Waals surface area contributed by atoms with E-state index in [0.717, 1.165) is 28.7 Å². The fourth-order valence-electron chi connectivity index (χ4n) is 3.30. The first-order valence-corrected chi connectivity index (χ1v) is 9.81. The molecule has 27 heavy (non-hydrogen) atoms. The molecule has 1 aliphatic heterocycles. The third-order valence-electron chi connectivity index (χ3n) is 4.76. The van der Waals surface area contributed by atoms with Crippen LogP contribution in [0.5, 0.6) is 0 Å². The summed E-state index contributed by atoms with van der Waals surface area (Å²) in [6, 6.07) is 14.0. The number of carbonyl (C=O) groups excluding carboxylic acids is 2. The van der Waals surface area contributed by atoms with Gasteiger partial charge in [-0.2, -0.15) is 0 Å². The largest absolute Gasteiger partial charge is 0.337 e. The summed E-state index contributed by atoms with van der Waals surface area (Å²) in [5.41, 5.74) is 4.31. The zero-order valence-electron chi connectivity index (χ0n) is 15.7. The average molecular weight is 430 g/mol. The second-order valence-electron chi connectivity index (χ2n) is 7.01. The first-order chi connectivity index (χ1) is 12.9. The van der Waals surface area contributed by atoms with Gasteiger partial charge in [-0.25, -0.2) is 0 Å². The Balaban J connectivity index is 1.50. The van der Waals surface area contributed by atoms with Crippen LogP contribution in [0.3, 0.4) is 0 Å². The SMILES string of the molecule is Cc1cc(Br)ccc1NC(=O)CN(C)CC(=O)N1CCc2ccccc2C1. The van der Waals surface area contributed by atoms with Crippen LogP contribution in [0.25, 0.3) is 0 Å². The van der Waals surface area contributed by atoms with Crippen LogP contribution in [0.15, 0.2) is 46.9 Å². The number of likely N-dealkylation sites (N-methyl/N-ethyl adjacent to an activating group) is 1. The van der Waals surface area contributed by atoms with E-state index in [1.165, 1.54) is 11.1 Å². The third-order valence-corrected chi connectivity index (χ3v) is 5.26. The van der Waals surface area contributed by atoms with Gasteiger partial charge >= 0.3 is 0 Å². The molecule has 0 aliphatic carbocycles. The quantitative estimate of drug-likeness (QED) is 0.793. The van der Waals surface area contributed by atoms with E-state index in [9.17, 15) is 9.59 Å². The van der Waals surface area contributed by atoms with Crippen molar-refractivity contribution in [1.29, 1.82) is 0 Å². The number of fused-ring (bicyclic) bond motifs is 1. The van der Waals surface area contributed by atoms with Crippen LogP contribution in [0.2, 0.25) is 0 Å². The Morgan fingerprint density at radius 2 is 1.89 bits per heavy atom. The van der Waals surface area contributed by atoms with Crippen LogP contribution in [0.4, 0.5) is 5.69 Å². The predicted molar refractivity (Wildman–Crippen MR) is 111 cm³/mol. The van der Waals surface area contributed by atoms with Crippen LogP contribution >= 0.6 is 15.9 Å². The van der Waals surface area contributed by atoms with Gasteiger partial charge in [-0.1, -0.05) is 40.2 Å². The van der Waals surface area contributed by atoms with Crippen LogP contribution in [-0.4, -0.2) is 48.3 Å². The Labute approximate surface area is 168 Å². The van der Waals surface area contributed by atoms with Gasteiger partial charge < -0.3 is 10.2 Å². The molecule has 0 bridgehead atoms. The van der Waals surface area contributed by atoms with E-state index in [-0.39, 0.29) is 24.9 Å². The summed E-state index contributed by atoms with van der Waals surface area (Å²) in [4.78, 5) is 28.5. The number of halogens is 1. The lowest BCUT2D eigenvalue weighted by molar-refractivity contribution is -0.133. The van der Waals surface area contributed by atoms with Gasteiger partial charge in [0.05, 0.1) is 13.1 Å². The maximum Gasteiger partial charge on any atom is 0.238 e. The van der Waals surface area contributed by atoms with Crippen LogP contribution in [0, 0.1) is 6.92 Å². The predicted octanol–water partition coefficient (Wildman–Crippen LogP) is 3.21. The van der Waals surface area contributed by atoms with Crippen molar-refractivity contribution in [3.05, 3.63) is 63.6 Å². The summed E-state index contributed by atoms with van der Waals surface area (Å²) >= 11 is 3.41. The number of rotatable bonds is 5. The summed E-state index contributed by atoms with van der Waals surface area (Å²) in [6.45, 7) is 3.73. The molecule has 1 aliphatic rings. The summed E-state index contributed by atoms with van der Waals surface area (Å²) < 4.78 is 0.976. The van der Waals surface area contributed by atoms with Crippen molar-refractivity contribution in [3.8, 4) is 0 Å². The molecule has 0 unspecified atom stereocenters. The maximum atomic E-state index is 12.6. The summed E-state index contributed by atoms with van der Waals surface area (Å²) in [6.07, 6.45) is 0.884. The lowest BCUT2D eigenvalue weighted by atomic mass is 10.00. The minimum Gasteiger partial charge on any atom is -0.337 e. The number of aryl methyl sites for hydroxylation is 1. The Morgan fingerprint density at radius 3 is 2.63 bits per heavy atom. The molecule has 2 aromatic rings. The van der Waals surface area contributed by atoms with Gasteiger partial charge in [-0.3, -0.25) is 14.5 Å². The number of benzene rings is 2. The molecule has 0 fully saturated rings. The van der Waals surface area contributed by atoms with Crippen molar-refractivity contribution in [3.63, 3.8) is 0 Å². The number of nitrogens with one attached hydrogen (secondary N) is 1. The van der Waals surface area contributed by atoms with Gasteiger partial charge in [-0.15, -0.1) is 0 Å². The summed E-state index contributed by atoms with van der Waals surface area (Å²) in [5.74, 6) is -0.0701. The molecular weight excluding hydrogens is 406 g/mol. The van der Waals surface area contributed by atoms with Crippen LogP contribution in [0.1, 0.15) is 16.7 Å².